The second-order valence-electron chi connectivity index (χ2n) is 13.0. The molecule has 3 fully saturated rings. The number of ether oxygens (including phenoxy) is 1. The van der Waals surface area contributed by atoms with E-state index >= 15 is 0 Å². The van der Waals surface area contributed by atoms with Gasteiger partial charge in [-0.05, 0) is 76.5 Å². The fraction of sp³-hybridized carbons (Fsp3) is 0.719. The predicted octanol–water partition coefficient (Wildman–Crippen LogP) is 4.97. The number of hydrogen-bond donors (Lipinski definition) is 2. The SMILES string of the molecule is CC(C)(C)OC(=O)N1CCCC1C(=O)N[C@@H](CSCC1CCCCC1)C(=O)NC1CCN(Cc2ccccc2)CC1. The molecule has 1 unspecified atom stereocenters. The third kappa shape index (κ3) is 10.2. The maximum Gasteiger partial charge on any atom is 0.410 e. The van der Waals surface area contributed by atoms with Crippen molar-refractivity contribution in [2.75, 3.05) is 31.1 Å². The van der Waals surface area contributed by atoms with Gasteiger partial charge in [0.2, 0.25) is 11.8 Å². The lowest BCUT2D eigenvalue weighted by Crippen LogP contribution is -2.56. The molecule has 1 aliphatic carbocycles. The van der Waals surface area contributed by atoms with Gasteiger partial charge in [0.1, 0.15) is 17.7 Å². The van der Waals surface area contributed by atoms with E-state index in [0.29, 0.717) is 24.6 Å². The molecule has 9 heteroatoms. The Kier molecular flexibility index (Phi) is 11.8. The van der Waals surface area contributed by atoms with E-state index in [2.05, 4.69) is 39.8 Å². The van der Waals surface area contributed by atoms with Gasteiger partial charge in [0.05, 0.1) is 0 Å². The van der Waals surface area contributed by atoms with Gasteiger partial charge in [-0.3, -0.25) is 19.4 Å². The van der Waals surface area contributed by atoms with E-state index < -0.39 is 23.8 Å². The van der Waals surface area contributed by atoms with Gasteiger partial charge < -0.3 is 15.4 Å². The third-order valence-corrected chi connectivity index (χ3v) is 9.64. The molecule has 228 valence electrons. The zero-order chi connectivity index (χ0) is 29.2. The summed E-state index contributed by atoms with van der Waals surface area (Å²) in [5.41, 5.74) is 0.676. The number of thioether (sulfide) groups is 1. The molecular formula is C32H50N4O4S. The first-order chi connectivity index (χ1) is 19.7. The summed E-state index contributed by atoms with van der Waals surface area (Å²) in [4.78, 5) is 43.8. The minimum absolute atomic E-state index is 0.0991. The number of carbonyl (C=O) groups is 3. The van der Waals surface area contributed by atoms with Crippen LogP contribution in [0.2, 0.25) is 0 Å². The normalized spacial score (nSPS) is 21.8. The molecule has 0 aromatic heterocycles. The minimum Gasteiger partial charge on any atom is -0.444 e. The third-order valence-electron chi connectivity index (χ3n) is 8.36. The molecule has 3 aliphatic rings. The van der Waals surface area contributed by atoms with Gasteiger partial charge in [-0.25, -0.2) is 4.79 Å². The largest absolute Gasteiger partial charge is 0.444 e. The van der Waals surface area contributed by atoms with E-state index in [0.717, 1.165) is 44.6 Å². The Morgan fingerprint density at radius 3 is 2.34 bits per heavy atom. The average Bonchev–Trinajstić information content (AvgIpc) is 3.44. The van der Waals surface area contributed by atoms with Crippen molar-refractivity contribution in [1.29, 1.82) is 0 Å². The summed E-state index contributed by atoms with van der Waals surface area (Å²) in [6.07, 6.45) is 9.05. The molecule has 3 amide bonds. The van der Waals surface area contributed by atoms with E-state index in [-0.39, 0.29) is 17.9 Å². The zero-order valence-electron chi connectivity index (χ0n) is 25.2. The quantitative estimate of drug-likeness (QED) is 0.403. The van der Waals surface area contributed by atoms with Crippen LogP contribution in [0.25, 0.3) is 0 Å². The first-order valence-electron chi connectivity index (χ1n) is 15.6. The lowest BCUT2D eigenvalue weighted by atomic mass is 9.91. The number of piperidine rings is 1. The van der Waals surface area contributed by atoms with Gasteiger partial charge in [0, 0.05) is 38.0 Å². The molecular weight excluding hydrogens is 536 g/mol. The van der Waals surface area contributed by atoms with Crippen molar-refractivity contribution in [1.82, 2.24) is 20.4 Å². The maximum atomic E-state index is 13.6. The number of rotatable bonds is 10. The Bertz CT molecular complexity index is 987. The highest BCUT2D eigenvalue weighted by atomic mass is 32.2. The summed E-state index contributed by atoms with van der Waals surface area (Å²) in [6, 6.07) is 9.35. The molecule has 1 aromatic rings. The Hall–Kier alpha value is -2.26. The summed E-state index contributed by atoms with van der Waals surface area (Å²) in [6.45, 7) is 8.75. The van der Waals surface area contributed by atoms with E-state index in [1.54, 1.807) is 11.8 Å². The molecule has 2 atom stereocenters. The van der Waals surface area contributed by atoms with Crippen molar-refractivity contribution in [3.8, 4) is 0 Å². The van der Waals surface area contributed by atoms with Crippen LogP contribution in [0, 0.1) is 5.92 Å². The van der Waals surface area contributed by atoms with Crippen LogP contribution in [-0.2, 0) is 20.9 Å². The molecule has 4 rings (SSSR count). The van der Waals surface area contributed by atoms with E-state index in [4.69, 9.17) is 4.74 Å². The van der Waals surface area contributed by atoms with Crippen LogP contribution in [0.5, 0.6) is 0 Å². The van der Waals surface area contributed by atoms with Crippen LogP contribution >= 0.6 is 11.8 Å². The molecule has 2 saturated heterocycles. The standard InChI is InChI=1S/C32H50N4O4S/c1-32(2,3)40-31(39)36-18-10-15-28(36)30(38)34-27(23-41-22-25-13-8-5-9-14-25)29(37)33-26-16-19-35(20-17-26)21-24-11-6-4-7-12-24/h4,6-7,11-12,25-28H,5,8-10,13-23H2,1-3H3,(H,33,37)(H,34,38)/t27-,28?/m0/s1. The zero-order valence-corrected chi connectivity index (χ0v) is 26.1. The van der Waals surface area contributed by atoms with Gasteiger partial charge >= 0.3 is 6.09 Å². The lowest BCUT2D eigenvalue weighted by Gasteiger charge is -2.33. The molecule has 2 aliphatic heterocycles. The molecule has 2 heterocycles. The molecule has 1 saturated carbocycles. The van der Waals surface area contributed by atoms with Crippen LogP contribution in [0.4, 0.5) is 4.79 Å². The second-order valence-corrected chi connectivity index (χ2v) is 14.1. The van der Waals surface area contributed by atoms with E-state index in [9.17, 15) is 14.4 Å². The van der Waals surface area contributed by atoms with Crippen molar-refractivity contribution in [3.05, 3.63) is 35.9 Å². The predicted molar refractivity (Wildman–Crippen MR) is 165 cm³/mol. The van der Waals surface area contributed by atoms with Crippen molar-refractivity contribution >= 4 is 29.7 Å². The van der Waals surface area contributed by atoms with Crippen LogP contribution < -0.4 is 10.6 Å². The second kappa shape index (κ2) is 15.3. The monoisotopic (exact) mass is 586 g/mol. The van der Waals surface area contributed by atoms with Crippen LogP contribution in [0.15, 0.2) is 30.3 Å². The highest BCUT2D eigenvalue weighted by Gasteiger charge is 2.38. The van der Waals surface area contributed by atoms with Gasteiger partial charge in [0.15, 0.2) is 0 Å². The smallest absolute Gasteiger partial charge is 0.410 e. The average molecular weight is 587 g/mol. The van der Waals surface area contributed by atoms with E-state index in [1.165, 1.54) is 42.6 Å². The number of benzene rings is 1. The van der Waals surface area contributed by atoms with Crippen LogP contribution in [-0.4, -0.2) is 82.6 Å². The molecule has 0 spiro atoms. The van der Waals surface area contributed by atoms with Crippen LogP contribution in [0.3, 0.4) is 0 Å². The number of carbonyl (C=O) groups excluding carboxylic acids is 3. The fourth-order valence-corrected chi connectivity index (χ4v) is 7.39. The maximum absolute atomic E-state index is 13.6. The summed E-state index contributed by atoms with van der Waals surface area (Å²) in [7, 11) is 0. The van der Waals surface area contributed by atoms with Crippen molar-refractivity contribution < 1.29 is 19.1 Å². The Labute approximate surface area is 250 Å². The molecule has 0 radical (unpaired) electrons. The number of nitrogens with one attached hydrogen (secondary N) is 2. The van der Waals surface area contributed by atoms with Crippen molar-refractivity contribution in [2.24, 2.45) is 5.92 Å². The summed E-state index contributed by atoms with van der Waals surface area (Å²) in [5.74, 6) is 1.88. The molecule has 0 bridgehead atoms. The highest BCUT2D eigenvalue weighted by molar-refractivity contribution is 7.99. The van der Waals surface area contributed by atoms with Gasteiger partial charge in [-0.2, -0.15) is 11.8 Å². The molecule has 41 heavy (non-hydrogen) atoms. The summed E-state index contributed by atoms with van der Waals surface area (Å²) in [5, 5.41) is 6.30. The van der Waals surface area contributed by atoms with Crippen molar-refractivity contribution in [3.63, 3.8) is 0 Å². The number of amides is 3. The van der Waals surface area contributed by atoms with Gasteiger partial charge in [0.25, 0.3) is 0 Å². The molecule has 1 aromatic carbocycles. The van der Waals surface area contributed by atoms with E-state index in [1.807, 2.05) is 26.8 Å². The van der Waals surface area contributed by atoms with Gasteiger partial charge in [-0.1, -0.05) is 49.6 Å². The number of likely N-dealkylation sites (tertiary alicyclic amines) is 2. The molecule has 8 nitrogen and oxygen atoms in total. The Balaban J connectivity index is 1.32. The number of hydrogen-bond acceptors (Lipinski definition) is 6. The molecule has 2 N–H and O–H groups in total. The van der Waals surface area contributed by atoms with Crippen molar-refractivity contribution in [2.45, 2.75) is 109 Å². The fourth-order valence-electron chi connectivity index (χ4n) is 6.11. The summed E-state index contributed by atoms with van der Waals surface area (Å²) >= 11 is 1.77. The topological polar surface area (TPSA) is 91.0 Å². The summed E-state index contributed by atoms with van der Waals surface area (Å²) < 4.78 is 5.55. The first-order valence-corrected chi connectivity index (χ1v) is 16.8. The highest BCUT2D eigenvalue weighted by Crippen LogP contribution is 2.27. The minimum atomic E-state index is -0.629. The first kappa shape index (κ1) is 31.7. The van der Waals surface area contributed by atoms with Gasteiger partial charge in [-0.15, -0.1) is 0 Å². The lowest BCUT2D eigenvalue weighted by molar-refractivity contribution is -0.131. The Morgan fingerprint density at radius 1 is 0.951 bits per heavy atom. The van der Waals surface area contributed by atoms with Crippen LogP contribution in [0.1, 0.15) is 84.1 Å². The number of nitrogens with zero attached hydrogens (tertiary/aromatic N) is 2. The Morgan fingerprint density at radius 2 is 1.66 bits per heavy atom.